The van der Waals surface area contributed by atoms with Crippen LogP contribution in [0.5, 0.6) is 0 Å². The fourth-order valence-electron chi connectivity index (χ4n) is 8.86. The highest BCUT2D eigenvalue weighted by atomic mass is 15.0. The van der Waals surface area contributed by atoms with E-state index < -0.39 is 0 Å². The Morgan fingerprint density at radius 3 is 2.32 bits per heavy atom. The van der Waals surface area contributed by atoms with Crippen LogP contribution in [0.15, 0.2) is 140 Å². The number of fused-ring (bicyclic) bond motifs is 4. The van der Waals surface area contributed by atoms with Crippen molar-refractivity contribution < 1.29 is 0 Å². The molecule has 0 N–H and O–H groups in total. The van der Waals surface area contributed by atoms with Gasteiger partial charge in [-0.1, -0.05) is 129 Å². The highest BCUT2D eigenvalue weighted by Gasteiger charge is 2.38. The predicted octanol–water partition coefficient (Wildman–Crippen LogP) is 11.5. The van der Waals surface area contributed by atoms with Gasteiger partial charge in [-0.2, -0.15) is 0 Å². The second kappa shape index (κ2) is 10.0. The summed E-state index contributed by atoms with van der Waals surface area (Å²) in [7, 11) is 0. The number of benzene rings is 5. The van der Waals surface area contributed by atoms with Crippen LogP contribution < -0.4 is 0 Å². The van der Waals surface area contributed by atoms with Gasteiger partial charge in [0.05, 0.1) is 16.7 Å². The Hall–Kier alpha value is -5.47. The summed E-state index contributed by atoms with van der Waals surface area (Å²) >= 11 is 0. The molecule has 10 rings (SSSR count). The van der Waals surface area contributed by atoms with Crippen molar-refractivity contribution in [3.8, 4) is 39.2 Å². The third kappa shape index (κ3) is 3.82. The zero-order valence-corrected chi connectivity index (χ0v) is 26.6. The van der Waals surface area contributed by atoms with Gasteiger partial charge in [-0.05, 0) is 70.0 Å². The van der Waals surface area contributed by atoms with Crippen molar-refractivity contribution in [3.63, 3.8) is 0 Å². The molecule has 224 valence electrons. The van der Waals surface area contributed by atoms with Gasteiger partial charge >= 0.3 is 0 Å². The Bertz CT molecular complexity index is 2460. The summed E-state index contributed by atoms with van der Waals surface area (Å²) in [6.45, 7) is 4.79. The molecule has 3 atom stereocenters. The SMILES string of the molecule is CC1Cc2cccc3c2-c2c1n(-c1ccc4cc(-c5ccccc5)c(-c5ccccc5)nc4c1)c1cccc(c21)C1C3=CC=CC1C. The molecule has 0 bridgehead atoms. The van der Waals surface area contributed by atoms with E-state index in [4.69, 9.17) is 4.98 Å². The summed E-state index contributed by atoms with van der Waals surface area (Å²) in [4.78, 5) is 5.42. The van der Waals surface area contributed by atoms with Gasteiger partial charge in [-0.25, -0.2) is 4.98 Å². The van der Waals surface area contributed by atoms with Crippen molar-refractivity contribution in [2.75, 3.05) is 0 Å². The van der Waals surface area contributed by atoms with E-state index in [1.54, 1.807) is 0 Å². The Morgan fingerprint density at radius 1 is 0.702 bits per heavy atom. The van der Waals surface area contributed by atoms with Gasteiger partial charge in [-0.15, -0.1) is 0 Å². The molecule has 0 spiro atoms. The standard InChI is InChI=1S/C45H34N2/c1-27-12-9-18-34-35-19-10-17-32-24-28(2)45-43(41(32)35)42-36(40(27)34)20-11-21-39(42)47(45)33-23-22-31-25-37(29-13-5-3-6-14-29)44(46-38(31)26-33)30-15-7-4-8-16-30/h3-23,25-28,40H,24H2,1-2H3. The molecule has 0 fully saturated rings. The normalized spacial score (nSPS) is 19.0. The van der Waals surface area contributed by atoms with E-state index in [1.165, 1.54) is 61.2 Å². The van der Waals surface area contributed by atoms with Crippen LogP contribution >= 0.6 is 0 Å². The minimum Gasteiger partial charge on any atom is -0.313 e. The summed E-state index contributed by atoms with van der Waals surface area (Å²) in [6, 6.07) is 44.5. The summed E-state index contributed by atoms with van der Waals surface area (Å²) in [5.41, 5.74) is 18.1. The second-order valence-electron chi connectivity index (χ2n) is 13.6. The molecule has 3 aliphatic carbocycles. The number of pyridine rings is 1. The van der Waals surface area contributed by atoms with Crippen LogP contribution in [0.2, 0.25) is 0 Å². The van der Waals surface area contributed by atoms with Crippen molar-refractivity contribution in [1.29, 1.82) is 0 Å². The predicted molar refractivity (Wildman–Crippen MR) is 196 cm³/mol. The Morgan fingerprint density at radius 2 is 1.49 bits per heavy atom. The lowest BCUT2D eigenvalue weighted by Gasteiger charge is -2.30. The van der Waals surface area contributed by atoms with Crippen LogP contribution in [0.3, 0.4) is 0 Å². The first-order valence-electron chi connectivity index (χ1n) is 16.9. The molecule has 0 aliphatic heterocycles. The maximum Gasteiger partial charge on any atom is 0.0788 e. The first-order valence-corrected chi connectivity index (χ1v) is 16.9. The van der Waals surface area contributed by atoms with Crippen LogP contribution in [-0.4, -0.2) is 9.55 Å². The second-order valence-corrected chi connectivity index (χ2v) is 13.6. The lowest BCUT2D eigenvalue weighted by molar-refractivity contribution is 0.654. The molecule has 5 aromatic carbocycles. The fourth-order valence-corrected chi connectivity index (χ4v) is 8.86. The van der Waals surface area contributed by atoms with Crippen LogP contribution in [-0.2, 0) is 6.42 Å². The Labute approximate surface area is 275 Å². The van der Waals surface area contributed by atoms with Gasteiger partial charge in [-0.3, -0.25) is 0 Å². The number of aromatic nitrogens is 2. The van der Waals surface area contributed by atoms with E-state index in [1.807, 2.05) is 0 Å². The van der Waals surface area contributed by atoms with Crippen LogP contribution in [0.25, 0.3) is 66.6 Å². The minimum atomic E-state index is 0.333. The molecule has 0 amide bonds. The summed E-state index contributed by atoms with van der Waals surface area (Å²) in [6.07, 6.45) is 8.06. The molecule has 2 aromatic heterocycles. The third-order valence-electron chi connectivity index (χ3n) is 10.8. The molecule has 2 heteroatoms. The van der Waals surface area contributed by atoms with Crippen molar-refractivity contribution >= 4 is 27.4 Å². The van der Waals surface area contributed by atoms with E-state index in [0.29, 0.717) is 17.8 Å². The van der Waals surface area contributed by atoms with E-state index >= 15 is 0 Å². The van der Waals surface area contributed by atoms with Gasteiger partial charge in [0.2, 0.25) is 0 Å². The van der Waals surface area contributed by atoms with Crippen molar-refractivity contribution in [2.45, 2.75) is 32.1 Å². The molecule has 7 aromatic rings. The van der Waals surface area contributed by atoms with E-state index in [9.17, 15) is 0 Å². The first-order chi connectivity index (χ1) is 23.2. The summed E-state index contributed by atoms with van der Waals surface area (Å²) in [5.74, 6) is 1.13. The lowest BCUT2D eigenvalue weighted by Crippen LogP contribution is -2.15. The summed E-state index contributed by atoms with van der Waals surface area (Å²) < 4.78 is 2.57. The molecule has 2 nitrogen and oxygen atoms in total. The van der Waals surface area contributed by atoms with E-state index in [2.05, 4.69) is 158 Å². The molecule has 3 unspecified atom stereocenters. The van der Waals surface area contributed by atoms with E-state index in [0.717, 1.165) is 34.1 Å². The highest BCUT2D eigenvalue weighted by Crippen LogP contribution is 2.57. The quantitative estimate of drug-likeness (QED) is 0.197. The minimum absolute atomic E-state index is 0.333. The zero-order valence-electron chi connectivity index (χ0n) is 26.6. The zero-order chi connectivity index (χ0) is 31.2. The lowest BCUT2D eigenvalue weighted by atomic mass is 9.75. The molecule has 2 heterocycles. The number of nitrogens with zero attached hydrogens (tertiary/aromatic N) is 2. The average Bonchev–Trinajstić information content (AvgIpc) is 3.41. The number of hydrogen-bond acceptors (Lipinski definition) is 1. The average molecular weight is 603 g/mol. The van der Waals surface area contributed by atoms with Gasteiger partial charge in [0.1, 0.15) is 0 Å². The fraction of sp³-hybridized carbons (Fsp3) is 0.133. The number of hydrogen-bond donors (Lipinski definition) is 0. The van der Waals surface area contributed by atoms with Crippen LogP contribution in [0, 0.1) is 5.92 Å². The smallest absolute Gasteiger partial charge is 0.0788 e. The van der Waals surface area contributed by atoms with E-state index in [-0.39, 0.29) is 0 Å². The molecule has 0 radical (unpaired) electrons. The molecule has 47 heavy (non-hydrogen) atoms. The first kappa shape index (κ1) is 26.7. The number of allylic oxidation sites excluding steroid dienone is 4. The molecular formula is C45H34N2. The van der Waals surface area contributed by atoms with Gasteiger partial charge in [0.15, 0.2) is 0 Å². The van der Waals surface area contributed by atoms with Crippen LogP contribution in [0.4, 0.5) is 0 Å². The van der Waals surface area contributed by atoms with Crippen molar-refractivity contribution in [2.24, 2.45) is 5.92 Å². The van der Waals surface area contributed by atoms with Crippen molar-refractivity contribution in [1.82, 2.24) is 9.55 Å². The van der Waals surface area contributed by atoms with Gasteiger partial charge in [0.25, 0.3) is 0 Å². The maximum absolute atomic E-state index is 5.42. The number of rotatable bonds is 3. The monoisotopic (exact) mass is 602 g/mol. The van der Waals surface area contributed by atoms with Gasteiger partial charge in [0, 0.05) is 50.7 Å². The molecular weight excluding hydrogens is 569 g/mol. The molecule has 0 saturated heterocycles. The molecule has 0 saturated carbocycles. The third-order valence-corrected chi connectivity index (χ3v) is 10.8. The van der Waals surface area contributed by atoms with Gasteiger partial charge < -0.3 is 4.57 Å². The molecule has 3 aliphatic rings. The Kier molecular flexibility index (Phi) is 5.69. The Balaban J connectivity index is 1.26. The topological polar surface area (TPSA) is 17.8 Å². The summed E-state index contributed by atoms with van der Waals surface area (Å²) in [5, 5.41) is 2.58. The van der Waals surface area contributed by atoms with Crippen LogP contribution in [0.1, 0.15) is 48.1 Å². The highest BCUT2D eigenvalue weighted by molar-refractivity contribution is 6.09. The largest absolute Gasteiger partial charge is 0.313 e. The maximum atomic E-state index is 5.42. The van der Waals surface area contributed by atoms with Crippen molar-refractivity contribution in [3.05, 3.63) is 162 Å².